The highest BCUT2D eigenvalue weighted by Crippen LogP contribution is 2.41. The predicted octanol–water partition coefficient (Wildman–Crippen LogP) is 2.74. The van der Waals surface area contributed by atoms with Gasteiger partial charge in [-0.2, -0.15) is 0 Å². The van der Waals surface area contributed by atoms with Crippen molar-refractivity contribution in [1.29, 1.82) is 0 Å². The van der Waals surface area contributed by atoms with Crippen molar-refractivity contribution in [2.75, 3.05) is 14.2 Å². The molecule has 0 saturated carbocycles. The molecule has 3 nitrogen and oxygen atoms in total. The molecule has 1 unspecified atom stereocenters. The second-order valence-corrected chi connectivity index (χ2v) is 4.32. The average molecular weight is 260 g/mol. The van der Waals surface area contributed by atoms with E-state index in [-0.39, 0.29) is 23.5 Å². The molecule has 0 heterocycles. The van der Waals surface area contributed by atoms with Gasteiger partial charge in [0.1, 0.15) is 0 Å². The Kier molecular flexibility index (Phi) is 4.51. The van der Waals surface area contributed by atoms with E-state index < -0.39 is 12.0 Å². The number of hydrogen-bond donors (Lipinski definition) is 1. The van der Waals surface area contributed by atoms with Gasteiger partial charge in [0.15, 0.2) is 11.5 Å². The highest BCUT2D eigenvalue weighted by Gasteiger charge is 2.31. The van der Waals surface area contributed by atoms with Crippen LogP contribution in [-0.2, 0) is 12.3 Å². The van der Waals surface area contributed by atoms with Gasteiger partial charge in [-0.25, -0.2) is 8.78 Å². The van der Waals surface area contributed by atoms with E-state index in [9.17, 15) is 13.9 Å². The molecule has 1 aromatic carbocycles. The third-order valence-corrected chi connectivity index (χ3v) is 2.54. The molecule has 0 aliphatic carbocycles. The van der Waals surface area contributed by atoms with E-state index in [2.05, 4.69) is 0 Å². The summed E-state index contributed by atoms with van der Waals surface area (Å²) >= 11 is 0. The molecule has 1 aromatic rings. The minimum Gasteiger partial charge on any atom is -0.493 e. The molecule has 1 atom stereocenters. The molecule has 0 aliphatic heterocycles. The monoisotopic (exact) mass is 260 g/mol. The van der Waals surface area contributed by atoms with E-state index in [0.29, 0.717) is 5.56 Å². The van der Waals surface area contributed by atoms with Crippen LogP contribution in [-0.4, -0.2) is 25.4 Å². The molecule has 0 aliphatic rings. The van der Waals surface area contributed by atoms with Crippen molar-refractivity contribution in [2.45, 2.75) is 32.3 Å². The highest BCUT2D eigenvalue weighted by molar-refractivity contribution is 5.51. The molecular formula is C13H18F2O3. The predicted molar refractivity (Wildman–Crippen MR) is 64.5 cm³/mol. The van der Waals surface area contributed by atoms with Gasteiger partial charge in [0.05, 0.1) is 25.9 Å². The average Bonchev–Trinajstić information content (AvgIpc) is 2.25. The van der Waals surface area contributed by atoms with Crippen LogP contribution in [0.5, 0.6) is 11.5 Å². The first-order valence-corrected chi connectivity index (χ1v) is 5.60. The number of alkyl halides is 2. The summed E-state index contributed by atoms with van der Waals surface area (Å²) in [7, 11) is 2.71. The maximum atomic E-state index is 13.5. The smallest absolute Gasteiger partial charge is 0.274 e. The number of halogens is 2. The fourth-order valence-corrected chi connectivity index (χ4v) is 1.81. The van der Waals surface area contributed by atoms with Crippen molar-refractivity contribution in [3.05, 3.63) is 23.3 Å². The molecular weight excluding hydrogens is 242 g/mol. The maximum Gasteiger partial charge on any atom is 0.274 e. The van der Waals surface area contributed by atoms with Crippen molar-refractivity contribution in [1.82, 2.24) is 0 Å². The Labute approximate surface area is 105 Å². The summed E-state index contributed by atoms with van der Waals surface area (Å²) in [5.74, 6) is -2.76. The summed E-state index contributed by atoms with van der Waals surface area (Å²) in [6.45, 7) is 2.40. The maximum absolute atomic E-state index is 13.5. The summed E-state index contributed by atoms with van der Waals surface area (Å²) in [6.07, 6.45) is -0.329. The first-order chi connectivity index (χ1) is 8.29. The minimum absolute atomic E-state index is 0.0272. The second-order valence-electron chi connectivity index (χ2n) is 4.32. The molecule has 0 saturated heterocycles. The Bertz CT molecular complexity index is 411. The van der Waals surface area contributed by atoms with Crippen molar-refractivity contribution >= 4 is 0 Å². The Hall–Kier alpha value is -1.36. The Morgan fingerprint density at radius 3 is 2.28 bits per heavy atom. The molecule has 0 bridgehead atoms. The molecule has 1 rings (SSSR count). The van der Waals surface area contributed by atoms with Gasteiger partial charge >= 0.3 is 0 Å². The van der Waals surface area contributed by atoms with Crippen LogP contribution >= 0.6 is 0 Å². The second kappa shape index (κ2) is 5.52. The number of aliphatic hydroxyl groups excluding tert-OH is 1. The van der Waals surface area contributed by atoms with Crippen molar-refractivity contribution in [3.8, 4) is 11.5 Å². The van der Waals surface area contributed by atoms with Crippen LogP contribution < -0.4 is 9.47 Å². The van der Waals surface area contributed by atoms with Gasteiger partial charge < -0.3 is 14.6 Å². The van der Waals surface area contributed by atoms with Crippen LogP contribution in [0.25, 0.3) is 0 Å². The molecule has 0 fully saturated rings. The van der Waals surface area contributed by atoms with Crippen LogP contribution in [0.3, 0.4) is 0 Å². The van der Waals surface area contributed by atoms with E-state index in [1.807, 2.05) is 0 Å². The largest absolute Gasteiger partial charge is 0.493 e. The van der Waals surface area contributed by atoms with E-state index in [1.54, 1.807) is 13.0 Å². The van der Waals surface area contributed by atoms with Gasteiger partial charge in [-0.05, 0) is 31.0 Å². The van der Waals surface area contributed by atoms with Crippen LogP contribution in [0.4, 0.5) is 8.78 Å². The number of aliphatic hydroxyl groups is 1. The lowest BCUT2D eigenvalue weighted by molar-refractivity contribution is 0.0146. The zero-order valence-corrected chi connectivity index (χ0v) is 11.0. The highest BCUT2D eigenvalue weighted by atomic mass is 19.3. The molecule has 18 heavy (non-hydrogen) atoms. The topological polar surface area (TPSA) is 38.7 Å². The van der Waals surface area contributed by atoms with Crippen LogP contribution in [0.15, 0.2) is 12.1 Å². The number of ether oxygens (including phenoxy) is 2. The Balaban J connectivity index is 3.36. The van der Waals surface area contributed by atoms with E-state index in [1.165, 1.54) is 20.3 Å². The van der Waals surface area contributed by atoms with E-state index in [4.69, 9.17) is 9.47 Å². The number of methoxy groups -OCH3 is 2. The van der Waals surface area contributed by atoms with Gasteiger partial charge in [0.2, 0.25) is 0 Å². The molecule has 0 spiro atoms. The third kappa shape index (κ3) is 3.32. The molecule has 0 amide bonds. The molecule has 1 N–H and O–H groups in total. The molecule has 5 heteroatoms. The summed E-state index contributed by atoms with van der Waals surface area (Å²) < 4.78 is 37.1. The SMILES string of the molecule is COc1cc(CC(C)O)cc(C(C)(F)F)c1OC. The van der Waals surface area contributed by atoms with Crippen LogP contribution in [0.1, 0.15) is 25.0 Å². The summed E-state index contributed by atoms with van der Waals surface area (Å²) in [6, 6.07) is 2.94. The lowest BCUT2D eigenvalue weighted by Crippen LogP contribution is -2.12. The van der Waals surface area contributed by atoms with Gasteiger partial charge in [0, 0.05) is 6.92 Å². The van der Waals surface area contributed by atoms with E-state index >= 15 is 0 Å². The van der Waals surface area contributed by atoms with Crippen LogP contribution in [0, 0.1) is 0 Å². The van der Waals surface area contributed by atoms with Crippen molar-refractivity contribution in [2.24, 2.45) is 0 Å². The van der Waals surface area contributed by atoms with Gasteiger partial charge in [-0.1, -0.05) is 0 Å². The van der Waals surface area contributed by atoms with Crippen molar-refractivity contribution in [3.63, 3.8) is 0 Å². The molecule has 102 valence electrons. The molecule has 0 aromatic heterocycles. The van der Waals surface area contributed by atoms with Gasteiger partial charge in [-0.15, -0.1) is 0 Å². The lowest BCUT2D eigenvalue weighted by atomic mass is 10.0. The van der Waals surface area contributed by atoms with Gasteiger partial charge in [0.25, 0.3) is 5.92 Å². The lowest BCUT2D eigenvalue weighted by Gasteiger charge is -2.19. The minimum atomic E-state index is -3.03. The number of rotatable bonds is 5. The zero-order valence-electron chi connectivity index (χ0n) is 11.0. The summed E-state index contributed by atoms with van der Waals surface area (Å²) in [4.78, 5) is 0. The Morgan fingerprint density at radius 2 is 1.89 bits per heavy atom. The fourth-order valence-electron chi connectivity index (χ4n) is 1.81. The molecule has 0 radical (unpaired) electrons. The first-order valence-electron chi connectivity index (χ1n) is 5.60. The first kappa shape index (κ1) is 14.7. The van der Waals surface area contributed by atoms with E-state index in [0.717, 1.165) is 6.92 Å². The summed E-state index contributed by atoms with van der Waals surface area (Å²) in [5, 5.41) is 9.33. The van der Waals surface area contributed by atoms with Gasteiger partial charge in [-0.3, -0.25) is 0 Å². The summed E-state index contributed by atoms with van der Waals surface area (Å²) in [5.41, 5.74) is 0.346. The normalized spacial score (nSPS) is 13.3. The zero-order chi connectivity index (χ0) is 13.9. The third-order valence-electron chi connectivity index (χ3n) is 2.54. The standard InChI is InChI=1S/C13H18F2O3/c1-8(16)5-9-6-10(13(2,14)15)12(18-4)11(7-9)17-3/h6-8,16H,5H2,1-4H3. The quantitative estimate of drug-likeness (QED) is 0.884. The fraction of sp³-hybridized carbons (Fsp3) is 0.538. The number of benzene rings is 1. The van der Waals surface area contributed by atoms with Crippen molar-refractivity contribution < 1.29 is 23.4 Å². The Morgan fingerprint density at radius 1 is 1.28 bits per heavy atom. The number of hydrogen-bond acceptors (Lipinski definition) is 3. The van der Waals surface area contributed by atoms with Crippen LogP contribution in [0.2, 0.25) is 0 Å².